The molecule has 2 aromatic carbocycles. The molecule has 3 aromatic rings. The Morgan fingerprint density at radius 1 is 0.982 bits per heavy atom. The molecule has 0 radical (unpaired) electrons. The highest BCUT2D eigenvalue weighted by Gasteiger charge is 2.42. The smallest absolute Gasteiger partial charge is 0.387 e. The Morgan fingerprint density at radius 2 is 1.61 bits per heavy atom. The van der Waals surface area contributed by atoms with Gasteiger partial charge < -0.3 is 44.9 Å². The van der Waals surface area contributed by atoms with Gasteiger partial charge in [-0.2, -0.15) is 13.2 Å². The van der Waals surface area contributed by atoms with Crippen LogP contribution in [0.4, 0.5) is 23.2 Å². The number of nitrogens with one attached hydrogen (secondary N) is 2. The average molecular weight is 810 g/mol. The Labute approximate surface area is 323 Å². The highest BCUT2D eigenvalue weighted by atomic mass is 35.5. The van der Waals surface area contributed by atoms with Gasteiger partial charge in [-0.25, -0.2) is 9.37 Å². The Hall–Kier alpha value is -5.27. The molecule has 3 saturated heterocycles. The van der Waals surface area contributed by atoms with Crippen LogP contribution in [0, 0.1) is 17.6 Å². The molecule has 4 heterocycles. The summed E-state index contributed by atoms with van der Waals surface area (Å²) in [7, 11) is 1.38. The topological polar surface area (TPSA) is 187 Å². The van der Waals surface area contributed by atoms with Crippen LogP contribution in [-0.4, -0.2) is 129 Å². The number of imidazole rings is 1. The number of anilines is 1. The predicted molar refractivity (Wildman–Crippen MR) is 192 cm³/mol. The molecule has 4 N–H and O–H groups in total. The highest BCUT2D eigenvalue weighted by Crippen LogP contribution is 2.32. The Balaban J connectivity index is 0.00000194. The van der Waals surface area contributed by atoms with E-state index in [0.717, 1.165) is 18.3 Å². The summed E-state index contributed by atoms with van der Waals surface area (Å²) in [5, 5.41) is 23.5. The van der Waals surface area contributed by atoms with Crippen molar-refractivity contribution >= 4 is 47.4 Å². The summed E-state index contributed by atoms with van der Waals surface area (Å²) in [4.78, 5) is 70.1. The molecule has 0 spiro atoms. The van der Waals surface area contributed by atoms with Crippen LogP contribution < -0.4 is 15.4 Å². The number of carboxylic acid groups (broad SMARTS) is 1. The molecule has 1 aromatic heterocycles. The number of carbonyl (C=O) groups excluding carboxylic acids is 4. The number of rotatable bonds is 8. The number of likely N-dealkylation sites (tertiary alicyclic amines) is 1. The molecule has 20 heteroatoms. The van der Waals surface area contributed by atoms with E-state index in [1.807, 2.05) is 0 Å². The van der Waals surface area contributed by atoms with Gasteiger partial charge in [-0.1, -0.05) is 11.6 Å². The normalized spacial score (nSPS) is 17.2. The van der Waals surface area contributed by atoms with E-state index in [4.69, 9.17) is 21.5 Å². The predicted octanol–water partition coefficient (Wildman–Crippen LogP) is 3.21. The van der Waals surface area contributed by atoms with Gasteiger partial charge in [0.2, 0.25) is 11.7 Å². The third-order valence-corrected chi connectivity index (χ3v) is 10.3. The summed E-state index contributed by atoms with van der Waals surface area (Å²) in [6.45, 7) is -0.400. The number of benzene rings is 2. The Kier molecular flexibility index (Phi) is 13.6. The highest BCUT2D eigenvalue weighted by molar-refractivity contribution is 6.34. The summed E-state index contributed by atoms with van der Waals surface area (Å²) in [6.07, 6.45) is 2.87. The lowest BCUT2D eigenvalue weighted by atomic mass is 9.88. The monoisotopic (exact) mass is 809 g/mol. The van der Waals surface area contributed by atoms with Crippen LogP contribution in [0.3, 0.4) is 0 Å². The quantitative estimate of drug-likeness (QED) is 0.195. The molecule has 4 amide bonds. The zero-order chi connectivity index (χ0) is 40.7. The number of hydrogen-bond donors (Lipinski definition) is 4. The van der Waals surface area contributed by atoms with Gasteiger partial charge in [0, 0.05) is 63.5 Å². The van der Waals surface area contributed by atoms with Crippen molar-refractivity contribution < 1.29 is 56.5 Å². The molecule has 3 aliphatic heterocycles. The number of amides is 4. The van der Waals surface area contributed by atoms with Crippen LogP contribution >= 0.6 is 11.6 Å². The number of nitrogens with zero attached hydrogens (tertiary/aromatic N) is 5. The molecule has 3 aliphatic rings. The van der Waals surface area contributed by atoms with E-state index in [9.17, 15) is 41.8 Å². The van der Waals surface area contributed by atoms with Gasteiger partial charge in [0.25, 0.3) is 24.2 Å². The summed E-state index contributed by atoms with van der Waals surface area (Å²) in [6, 6.07) is 6.18. The molecule has 15 nitrogen and oxygen atoms in total. The first kappa shape index (κ1) is 41.9. The second-order valence-electron chi connectivity index (χ2n) is 13.4. The fourth-order valence-electron chi connectivity index (χ4n) is 6.98. The van der Waals surface area contributed by atoms with E-state index in [0.29, 0.717) is 65.0 Å². The second-order valence-corrected chi connectivity index (χ2v) is 13.8. The first-order valence-corrected chi connectivity index (χ1v) is 18.0. The molecule has 0 atom stereocenters. The number of piperazine rings is 1. The van der Waals surface area contributed by atoms with Crippen molar-refractivity contribution in [1.82, 2.24) is 29.6 Å². The number of piperidine rings is 2. The van der Waals surface area contributed by atoms with Crippen molar-refractivity contribution in [1.29, 1.82) is 0 Å². The number of ether oxygens (including phenoxy) is 1. The van der Waals surface area contributed by atoms with E-state index < -0.39 is 35.5 Å². The van der Waals surface area contributed by atoms with E-state index in [2.05, 4.69) is 20.4 Å². The standard InChI is InChI=1S/C35H38ClF4N7O6.CH2O2/c1-44-25(23-4-5-26(53-34(39)40)28(38)27(23)37)19-42-29(44)30(48)43-21-2-3-22(24(36)18-21)32(50)46-16-14-45(15-17-46)31(49)20-6-12-47(13-7-20)33(51)35(52)8-10-41-11-9-35;2-1-3/h2-5,18-20,34,41,52H,6-17H2,1H3,(H,43,48);1H,(H,2,3). The number of aliphatic hydroxyl groups is 1. The Morgan fingerprint density at radius 3 is 2.21 bits per heavy atom. The van der Waals surface area contributed by atoms with Gasteiger partial charge >= 0.3 is 6.61 Å². The van der Waals surface area contributed by atoms with Crippen molar-refractivity contribution in [3.05, 3.63) is 64.6 Å². The number of hydrogen-bond acceptors (Lipinski definition) is 9. The van der Waals surface area contributed by atoms with Gasteiger partial charge in [0.15, 0.2) is 17.4 Å². The third kappa shape index (κ3) is 9.22. The summed E-state index contributed by atoms with van der Waals surface area (Å²) < 4.78 is 59.2. The van der Waals surface area contributed by atoms with Crippen LogP contribution in [0.1, 0.15) is 46.7 Å². The summed E-state index contributed by atoms with van der Waals surface area (Å²) >= 11 is 6.47. The molecular weight excluding hydrogens is 770 g/mol. The maximum atomic E-state index is 14.7. The van der Waals surface area contributed by atoms with Crippen molar-refractivity contribution in [2.75, 3.05) is 57.7 Å². The van der Waals surface area contributed by atoms with E-state index in [1.54, 1.807) is 14.7 Å². The van der Waals surface area contributed by atoms with Crippen molar-refractivity contribution in [3.8, 4) is 17.0 Å². The zero-order valence-corrected chi connectivity index (χ0v) is 30.9. The van der Waals surface area contributed by atoms with E-state index >= 15 is 0 Å². The summed E-state index contributed by atoms with van der Waals surface area (Å²) in [5.41, 5.74) is -1.29. The van der Waals surface area contributed by atoms with Gasteiger partial charge in [-0.3, -0.25) is 24.0 Å². The van der Waals surface area contributed by atoms with Crippen LogP contribution in [0.25, 0.3) is 11.3 Å². The van der Waals surface area contributed by atoms with Crippen LogP contribution in [0.15, 0.2) is 36.5 Å². The van der Waals surface area contributed by atoms with Crippen LogP contribution in [0.2, 0.25) is 5.02 Å². The lowest BCUT2D eigenvalue weighted by molar-refractivity contribution is -0.157. The molecule has 56 heavy (non-hydrogen) atoms. The largest absolute Gasteiger partial charge is 0.483 e. The van der Waals surface area contributed by atoms with Crippen molar-refractivity contribution in [2.24, 2.45) is 13.0 Å². The summed E-state index contributed by atoms with van der Waals surface area (Å²) in [5.74, 6) is -5.85. The number of alkyl halides is 2. The first-order chi connectivity index (χ1) is 26.7. The second kappa shape index (κ2) is 18.1. The minimum absolute atomic E-state index is 0.0127. The number of aromatic nitrogens is 2. The molecule has 3 fully saturated rings. The minimum Gasteiger partial charge on any atom is -0.483 e. The maximum Gasteiger partial charge on any atom is 0.387 e. The minimum atomic E-state index is -3.35. The lowest BCUT2D eigenvalue weighted by Gasteiger charge is -2.41. The average Bonchev–Trinajstić information content (AvgIpc) is 3.57. The maximum absolute atomic E-state index is 14.7. The SMILES string of the molecule is Cn1c(-c2ccc(OC(F)F)c(F)c2F)cnc1C(=O)Nc1ccc(C(=O)N2CCN(C(=O)C3CCN(C(=O)C4(O)CCNCC4)CC3)CC2)c(Cl)c1.O=CO. The lowest BCUT2D eigenvalue weighted by Crippen LogP contribution is -2.57. The fourth-order valence-corrected chi connectivity index (χ4v) is 7.24. The molecule has 0 bridgehead atoms. The molecule has 0 aliphatic carbocycles. The van der Waals surface area contributed by atoms with Gasteiger partial charge in [0.05, 0.1) is 22.5 Å². The molecular formula is C36H40ClF4N7O8. The molecule has 302 valence electrons. The van der Waals surface area contributed by atoms with Crippen molar-refractivity contribution in [2.45, 2.75) is 37.9 Å². The van der Waals surface area contributed by atoms with Gasteiger partial charge in [0.1, 0.15) is 5.60 Å². The van der Waals surface area contributed by atoms with Crippen LogP contribution in [0.5, 0.6) is 5.75 Å². The molecule has 0 unspecified atom stereocenters. The first-order valence-electron chi connectivity index (χ1n) is 17.6. The molecule has 0 saturated carbocycles. The van der Waals surface area contributed by atoms with Gasteiger partial charge in [-0.15, -0.1) is 0 Å². The molecule has 6 rings (SSSR count). The zero-order valence-electron chi connectivity index (χ0n) is 30.2. The number of carbonyl (C=O) groups is 5. The Bertz CT molecular complexity index is 1950. The fraction of sp³-hybridized carbons (Fsp3) is 0.444. The van der Waals surface area contributed by atoms with E-state index in [1.165, 1.54) is 29.8 Å². The van der Waals surface area contributed by atoms with E-state index in [-0.39, 0.29) is 76.6 Å². The van der Waals surface area contributed by atoms with Crippen LogP contribution in [-0.2, 0) is 21.4 Å². The third-order valence-electron chi connectivity index (χ3n) is 10.0. The van der Waals surface area contributed by atoms with Gasteiger partial charge in [-0.05, 0) is 69.1 Å². The van der Waals surface area contributed by atoms with Crippen molar-refractivity contribution in [3.63, 3.8) is 0 Å². The number of halogens is 5.